The highest BCUT2D eigenvalue weighted by Gasteiger charge is 2.14. The van der Waals surface area contributed by atoms with Crippen molar-refractivity contribution >= 4 is 23.4 Å². The van der Waals surface area contributed by atoms with Gasteiger partial charge in [0.15, 0.2) is 0 Å². The van der Waals surface area contributed by atoms with Gasteiger partial charge in [-0.1, -0.05) is 61.0 Å². The topological polar surface area (TPSA) is 0 Å². The predicted octanol–water partition coefficient (Wildman–Crippen LogP) is 8.42. The zero-order valence-corrected chi connectivity index (χ0v) is 19.3. The van der Waals surface area contributed by atoms with Crippen molar-refractivity contribution in [3.05, 3.63) is 99.6 Å². The summed E-state index contributed by atoms with van der Waals surface area (Å²) in [6, 6.07) is 24.3. The number of benzene rings is 3. The molecule has 0 N–H and O–H groups in total. The van der Waals surface area contributed by atoms with Gasteiger partial charge >= 0.3 is 0 Å². The minimum Gasteiger partial charge on any atom is -0.126 e. The van der Waals surface area contributed by atoms with Crippen molar-refractivity contribution in [1.29, 1.82) is 0 Å². The summed E-state index contributed by atoms with van der Waals surface area (Å²) in [6.45, 7) is 6.58. The molecular weight excluding hydrogens is 392 g/mol. The van der Waals surface area contributed by atoms with Crippen LogP contribution in [0.3, 0.4) is 0 Å². The SMILES string of the molecule is CCc1ccc(SCCCC(Cc2ccc(C)c(C)c2)c2cccc(Cl)c2)cc1. The molecule has 2 heteroatoms. The first kappa shape index (κ1) is 22.0. The molecule has 152 valence electrons. The van der Waals surface area contributed by atoms with Gasteiger partial charge in [-0.05, 0) is 103 Å². The van der Waals surface area contributed by atoms with Crippen molar-refractivity contribution in [2.45, 2.75) is 57.3 Å². The van der Waals surface area contributed by atoms with E-state index < -0.39 is 0 Å². The molecule has 29 heavy (non-hydrogen) atoms. The molecule has 3 rings (SSSR count). The highest BCUT2D eigenvalue weighted by molar-refractivity contribution is 7.99. The fourth-order valence-electron chi connectivity index (χ4n) is 3.70. The average Bonchev–Trinajstić information content (AvgIpc) is 2.73. The van der Waals surface area contributed by atoms with Gasteiger partial charge in [0.2, 0.25) is 0 Å². The molecule has 0 nitrogen and oxygen atoms in total. The molecule has 0 bridgehead atoms. The van der Waals surface area contributed by atoms with Crippen LogP contribution in [0, 0.1) is 13.8 Å². The van der Waals surface area contributed by atoms with Crippen molar-refractivity contribution < 1.29 is 0 Å². The van der Waals surface area contributed by atoms with E-state index in [1.54, 1.807) is 0 Å². The van der Waals surface area contributed by atoms with Crippen molar-refractivity contribution in [2.75, 3.05) is 5.75 Å². The van der Waals surface area contributed by atoms with Crippen molar-refractivity contribution in [3.63, 3.8) is 0 Å². The molecule has 0 saturated heterocycles. The third-order valence-electron chi connectivity index (χ3n) is 5.67. The summed E-state index contributed by atoms with van der Waals surface area (Å²) in [6.07, 6.45) is 4.54. The normalized spacial score (nSPS) is 12.1. The number of rotatable bonds is 9. The number of hydrogen-bond acceptors (Lipinski definition) is 1. The van der Waals surface area contributed by atoms with E-state index >= 15 is 0 Å². The molecule has 0 aromatic heterocycles. The van der Waals surface area contributed by atoms with Gasteiger partial charge in [-0.3, -0.25) is 0 Å². The van der Waals surface area contributed by atoms with Gasteiger partial charge in [-0.25, -0.2) is 0 Å². The Hall–Kier alpha value is -1.70. The van der Waals surface area contributed by atoms with E-state index in [1.807, 2.05) is 17.8 Å². The van der Waals surface area contributed by atoms with Crippen LogP contribution < -0.4 is 0 Å². The Labute approximate surface area is 185 Å². The lowest BCUT2D eigenvalue weighted by molar-refractivity contribution is 0.613. The monoisotopic (exact) mass is 422 g/mol. The Morgan fingerprint density at radius 2 is 1.62 bits per heavy atom. The van der Waals surface area contributed by atoms with E-state index in [9.17, 15) is 0 Å². The van der Waals surface area contributed by atoms with Crippen molar-refractivity contribution in [3.8, 4) is 0 Å². The van der Waals surface area contributed by atoms with Crippen LogP contribution in [0.5, 0.6) is 0 Å². The quantitative estimate of drug-likeness (QED) is 0.246. The van der Waals surface area contributed by atoms with Gasteiger partial charge in [0.1, 0.15) is 0 Å². The summed E-state index contributed by atoms with van der Waals surface area (Å²) in [7, 11) is 0. The van der Waals surface area contributed by atoms with E-state index in [-0.39, 0.29) is 0 Å². The molecule has 0 amide bonds. The van der Waals surface area contributed by atoms with E-state index in [4.69, 9.17) is 11.6 Å². The largest absolute Gasteiger partial charge is 0.126 e. The molecule has 3 aromatic carbocycles. The van der Waals surface area contributed by atoms with Crippen LogP contribution in [0.25, 0.3) is 0 Å². The Kier molecular flexibility index (Phi) is 8.27. The molecule has 0 aliphatic rings. The summed E-state index contributed by atoms with van der Waals surface area (Å²) in [5, 5.41) is 0.831. The van der Waals surface area contributed by atoms with Crippen LogP contribution >= 0.6 is 23.4 Å². The van der Waals surface area contributed by atoms with E-state index in [1.165, 1.54) is 45.6 Å². The molecule has 1 unspecified atom stereocenters. The second kappa shape index (κ2) is 10.9. The second-order valence-electron chi connectivity index (χ2n) is 7.86. The summed E-state index contributed by atoms with van der Waals surface area (Å²) in [5.41, 5.74) is 6.91. The summed E-state index contributed by atoms with van der Waals surface area (Å²) in [5.74, 6) is 1.65. The Balaban J connectivity index is 1.63. The highest BCUT2D eigenvalue weighted by atomic mass is 35.5. The molecule has 0 heterocycles. The van der Waals surface area contributed by atoms with Gasteiger partial charge < -0.3 is 0 Å². The van der Waals surface area contributed by atoms with Crippen LogP contribution in [0.2, 0.25) is 5.02 Å². The summed E-state index contributed by atoms with van der Waals surface area (Å²) in [4.78, 5) is 1.37. The maximum absolute atomic E-state index is 6.30. The maximum Gasteiger partial charge on any atom is 0.0408 e. The second-order valence-corrected chi connectivity index (χ2v) is 9.47. The molecule has 0 aliphatic carbocycles. The van der Waals surface area contributed by atoms with Crippen molar-refractivity contribution in [2.24, 2.45) is 0 Å². The van der Waals surface area contributed by atoms with Crippen LogP contribution in [0.1, 0.15) is 53.5 Å². The fourth-order valence-corrected chi connectivity index (χ4v) is 4.78. The molecule has 0 aliphatic heterocycles. The minimum atomic E-state index is 0.499. The Bertz CT molecular complexity index is 914. The zero-order chi connectivity index (χ0) is 20.6. The van der Waals surface area contributed by atoms with Gasteiger partial charge in [0.25, 0.3) is 0 Å². The van der Waals surface area contributed by atoms with E-state index in [0.29, 0.717) is 5.92 Å². The van der Waals surface area contributed by atoms with Gasteiger partial charge in [-0.2, -0.15) is 0 Å². The lowest BCUT2D eigenvalue weighted by Crippen LogP contribution is -2.05. The lowest BCUT2D eigenvalue weighted by atomic mass is 9.87. The van der Waals surface area contributed by atoms with Gasteiger partial charge in [0.05, 0.1) is 0 Å². The highest BCUT2D eigenvalue weighted by Crippen LogP contribution is 2.30. The van der Waals surface area contributed by atoms with Crippen LogP contribution in [-0.4, -0.2) is 5.75 Å². The first-order valence-corrected chi connectivity index (χ1v) is 11.9. The average molecular weight is 423 g/mol. The maximum atomic E-state index is 6.30. The number of thioether (sulfide) groups is 1. The minimum absolute atomic E-state index is 0.499. The molecule has 1 atom stereocenters. The van der Waals surface area contributed by atoms with Crippen molar-refractivity contribution in [1.82, 2.24) is 0 Å². The number of hydrogen-bond donors (Lipinski definition) is 0. The first-order chi connectivity index (χ1) is 14.0. The van der Waals surface area contributed by atoms with E-state index in [0.717, 1.165) is 23.6 Å². The Morgan fingerprint density at radius 1 is 0.862 bits per heavy atom. The molecular formula is C27H31ClS. The third-order valence-corrected chi connectivity index (χ3v) is 7.00. The van der Waals surface area contributed by atoms with Gasteiger partial charge in [-0.15, -0.1) is 11.8 Å². The molecule has 0 fully saturated rings. The van der Waals surface area contributed by atoms with Gasteiger partial charge in [0, 0.05) is 9.92 Å². The standard InChI is InChI=1S/C27H31ClS/c1-4-22-12-14-27(15-13-22)29-16-6-8-24(25-7-5-9-26(28)19-25)18-23-11-10-20(2)21(3)17-23/h5,7,9-15,17,19,24H,4,6,8,16,18H2,1-3H3. The summed E-state index contributed by atoms with van der Waals surface area (Å²) < 4.78 is 0. The third kappa shape index (κ3) is 6.66. The smallest absolute Gasteiger partial charge is 0.0408 e. The van der Waals surface area contributed by atoms with Crippen LogP contribution in [0.15, 0.2) is 71.6 Å². The Morgan fingerprint density at radius 3 is 2.31 bits per heavy atom. The van der Waals surface area contributed by atoms with Crippen LogP contribution in [0.4, 0.5) is 0 Å². The molecule has 0 spiro atoms. The molecule has 3 aromatic rings. The zero-order valence-electron chi connectivity index (χ0n) is 17.7. The lowest BCUT2D eigenvalue weighted by Gasteiger charge is -2.19. The van der Waals surface area contributed by atoms with E-state index in [2.05, 4.69) is 81.4 Å². The predicted molar refractivity (Wildman–Crippen MR) is 130 cm³/mol. The number of halogens is 1. The number of aryl methyl sites for hydroxylation is 3. The molecule has 0 saturated carbocycles. The molecule has 0 radical (unpaired) electrons. The van der Waals surface area contributed by atoms with Crippen LogP contribution in [-0.2, 0) is 12.8 Å². The summed E-state index contributed by atoms with van der Waals surface area (Å²) >= 11 is 8.26. The fraction of sp³-hybridized carbons (Fsp3) is 0.333. The first-order valence-electron chi connectivity index (χ1n) is 10.6.